The van der Waals surface area contributed by atoms with E-state index in [0.717, 1.165) is 0 Å². The summed E-state index contributed by atoms with van der Waals surface area (Å²) in [6.45, 7) is -1.49. The third-order valence-corrected chi connectivity index (χ3v) is 2.94. The van der Waals surface area contributed by atoms with Crippen molar-refractivity contribution in [1.29, 1.82) is 0 Å². The first-order valence-corrected chi connectivity index (χ1v) is 6.88. The number of hydrogen-bond acceptors (Lipinski definition) is 3. The number of amides is 1. The zero-order valence-electron chi connectivity index (χ0n) is 11.7. The molecule has 122 valence electrons. The lowest BCUT2D eigenvalue weighted by atomic mass is 10.1. The highest BCUT2D eigenvalue weighted by atomic mass is 35.5. The lowest BCUT2D eigenvalue weighted by molar-refractivity contribution is -0.176. The molecule has 2 rings (SSSR count). The first-order valence-electron chi connectivity index (χ1n) is 6.50. The standard InChI is InChI=1S/C15H12ClF3N2O2/c16-12-5-6-13(20-7-12)21-14(22)11-3-1-10(2-4-11)8-23-9-15(17,18)19/h1-7H,8-9H2,(H,20,21,22). The third kappa shape index (κ3) is 5.88. The van der Waals surface area contributed by atoms with Crippen LogP contribution in [0.3, 0.4) is 0 Å². The Labute approximate surface area is 135 Å². The maximum absolute atomic E-state index is 12.0. The summed E-state index contributed by atoms with van der Waals surface area (Å²) in [6, 6.07) is 9.20. The molecule has 0 atom stereocenters. The second-order valence-corrected chi connectivity index (χ2v) is 5.06. The van der Waals surface area contributed by atoms with E-state index in [1.807, 2.05) is 0 Å². The van der Waals surface area contributed by atoms with Gasteiger partial charge in [-0.15, -0.1) is 0 Å². The van der Waals surface area contributed by atoms with Crippen molar-refractivity contribution in [3.8, 4) is 0 Å². The highest BCUT2D eigenvalue weighted by molar-refractivity contribution is 6.30. The minimum atomic E-state index is -4.36. The summed E-state index contributed by atoms with van der Waals surface area (Å²) in [5, 5.41) is 3.03. The Morgan fingerprint density at radius 1 is 1.17 bits per heavy atom. The molecule has 4 nitrogen and oxygen atoms in total. The molecule has 8 heteroatoms. The first-order chi connectivity index (χ1) is 10.8. The minimum absolute atomic E-state index is 0.180. The van der Waals surface area contributed by atoms with Crippen LogP contribution in [0.4, 0.5) is 19.0 Å². The van der Waals surface area contributed by atoms with Gasteiger partial charge in [0.25, 0.3) is 5.91 Å². The van der Waals surface area contributed by atoms with Gasteiger partial charge in [0.2, 0.25) is 0 Å². The molecule has 1 aromatic carbocycles. The van der Waals surface area contributed by atoms with Crippen LogP contribution in [0.15, 0.2) is 42.6 Å². The number of nitrogens with one attached hydrogen (secondary N) is 1. The van der Waals surface area contributed by atoms with Gasteiger partial charge in [-0.2, -0.15) is 13.2 Å². The summed E-state index contributed by atoms with van der Waals surface area (Å²) < 4.78 is 40.4. The molecule has 0 saturated heterocycles. The molecule has 0 saturated carbocycles. The van der Waals surface area contributed by atoms with Crippen molar-refractivity contribution >= 4 is 23.3 Å². The average Bonchev–Trinajstić information content (AvgIpc) is 2.49. The maximum Gasteiger partial charge on any atom is 0.411 e. The number of anilines is 1. The molecule has 1 heterocycles. The molecule has 0 radical (unpaired) electrons. The van der Waals surface area contributed by atoms with E-state index >= 15 is 0 Å². The highest BCUT2D eigenvalue weighted by Gasteiger charge is 2.27. The van der Waals surface area contributed by atoms with Crippen molar-refractivity contribution in [2.45, 2.75) is 12.8 Å². The smallest absolute Gasteiger partial charge is 0.367 e. The number of nitrogens with zero attached hydrogens (tertiary/aromatic N) is 1. The summed E-state index contributed by atoms with van der Waals surface area (Å²) in [5.74, 6) is -0.0421. The van der Waals surface area contributed by atoms with Crippen LogP contribution in [0, 0.1) is 0 Å². The van der Waals surface area contributed by atoms with Gasteiger partial charge in [-0.25, -0.2) is 4.98 Å². The number of carbonyl (C=O) groups is 1. The summed E-state index contributed by atoms with van der Waals surface area (Å²) in [5.41, 5.74) is 0.886. The molecule has 1 N–H and O–H groups in total. The summed E-state index contributed by atoms with van der Waals surface area (Å²) in [7, 11) is 0. The van der Waals surface area contributed by atoms with Gasteiger partial charge in [0.15, 0.2) is 0 Å². The van der Waals surface area contributed by atoms with Gasteiger partial charge in [0.1, 0.15) is 12.4 Å². The topological polar surface area (TPSA) is 51.2 Å². The molecule has 0 spiro atoms. The van der Waals surface area contributed by atoms with Crippen LogP contribution in [0.25, 0.3) is 0 Å². The number of alkyl halides is 3. The van der Waals surface area contributed by atoms with Gasteiger partial charge in [-0.1, -0.05) is 23.7 Å². The van der Waals surface area contributed by atoms with Crippen molar-refractivity contribution in [3.05, 3.63) is 58.7 Å². The fraction of sp³-hybridized carbons (Fsp3) is 0.200. The van der Waals surface area contributed by atoms with E-state index in [-0.39, 0.29) is 12.5 Å². The zero-order chi connectivity index (χ0) is 16.9. The van der Waals surface area contributed by atoms with E-state index in [1.165, 1.54) is 30.5 Å². The number of aromatic nitrogens is 1. The number of ether oxygens (including phenoxy) is 1. The summed E-state index contributed by atoms with van der Waals surface area (Å²) in [6.07, 6.45) is -2.95. The van der Waals surface area contributed by atoms with Crippen LogP contribution in [0.1, 0.15) is 15.9 Å². The molecule has 0 aliphatic rings. The quantitative estimate of drug-likeness (QED) is 0.889. The van der Waals surface area contributed by atoms with E-state index in [9.17, 15) is 18.0 Å². The molecule has 1 amide bonds. The number of carbonyl (C=O) groups excluding carboxylic acids is 1. The third-order valence-electron chi connectivity index (χ3n) is 2.72. The summed E-state index contributed by atoms with van der Waals surface area (Å²) >= 11 is 5.69. The normalized spacial score (nSPS) is 11.3. The van der Waals surface area contributed by atoms with Crippen molar-refractivity contribution in [3.63, 3.8) is 0 Å². The van der Waals surface area contributed by atoms with Gasteiger partial charge in [0, 0.05) is 11.8 Å². The fourth-order valence-electron chi connectivity index (χ4n) is 1.68. The molecule has 1 aromatic heterocycles. The molecule has 23 heavy (non-hydrogen) atoms. The van der Waals surface area contributed by atoms with Crippen molar-refractivity contribution in [2.75, 3.05) is 11.9 Å². The molecule has 0 aliphatic heterocycles. The van der Waals surface area contributed by atoms with Crippen LogP contribution >= 0.6 is 11.6 Å². The monoisotopic (exact) mass is 344 g/mol. The van der Waals surface area contributed by atoms with Crippen molar-refractivity contribution in [2.24, 2.45) is 0 Å². The molecule has 2 aromatic rings. The minimum Gasteiger partial charge on any atom is -0.367 e. The summed E-state index contributed by atoms with van der Waals surface area (Å²) in [4.78, 5) is 15.9. The average molecular weight is 345 g/mol. The number of halogens is 4. The molecular formula is C15H12ClF3N2O2. The van der Waals surface area contributed by atoms with Gasteiger partial charge < -0.3 is 10.1 Å². The molecule has 0 fully saturated rings. The van der Waals surface area contributed by atoms with Gasteiger partial charge in [0.05, 0.1) is 11.6 Å². The van der Waals surface area contributed by atoms with Crippen LogP contribution in [-0.2, 0) is 11.3 Å². The van der Waals surface area contributed by atoms with Crippen molar-refractivity contribution < 1.29 is 22.7 Å². The molecule has 0 bridgehead atoms. The number of rotatable bonds is 5. The van der Waals surface area contributed by atoms with Gasteiger partial charge in [-0.3, -0.25) is 4.79 Å². The van der Waals surface area contributed by atoms with Crippen LogP contribution in [-0.4, -0.2) is 23.7 Å². The Balaban J connectivity index is 1.91. The van der Waals surface area contributed by atoms with E-state index in [2.05, 4.69) is 15.0 Å². The Hall–Kier alpha value is -2.12. The van der Waals surface area contributed by atoms with Crippen LogP contribution < -0.4 is 5.32 Å². The second kappa shape index (κ2) is 7.43. The Kier molecular flexibility index (Phi) is 5.57. The van der Waals surface area contributed by atoms with Gasteiger partial charge in [-0.05, 0) is 29.8 Å². The molecular weight excluding hydrogens is 333 g/mol. The largest absolute Gasteiger partial charge is 0.411 e. The van der Waals surface area contributed by atoms with Crippen LogP contribution in [0.2, 0.25) is 5.02 Å². The SMILES string of the molecule is O=C(Nc1ccc(Cl)cn1)c1ccc(COCC(F)(F)F)cc1. The fourth-order valence-corrected chi connectivity index (χ4v) is 1.79. The molecule has 0 unspecified atom stereocenters. The Morgan fingerprint density at radius 2 is 1.87 bits per heavy atom. The van der Waals surface area contributed by atoms with E-state index in [1.54, 1.807) is 12.1 Å². The number of benzene rings is 1. The van der Waals surface area contributed by atoms with Gasteiger partial charge >= 0.3 is 6.18 Å². The first kappa shape index (κ1) is 17.2. The van der Waals surface area contributed by atoms with E-state index in [4.69, 9.17) is 11.6 Å². The van der Waals surface area contributed by atoms with E-state index in [0.29, 0.717) is 22.0 Å². The maximum atomic E-state index is 12.0. The lowest BCUT2D eigenvalue weighted by Crippen LogP contribution is -2.16. The lowest BCUT2D eigenvalue weighted by Gasteiger charge is -2.08. The van der Waals surface area contributed by atoms with Crippen molar-refractivity contribution in [1.82, 2.24) is 4.98 Å². The second-order valence-electron chi connectivity index (χ2n) is 4.62. The van der Waals surface area contributed by atoms with Crippen LogP contribution in [0.5, 0.6) is 0 Å². The predicted molar refractivity (Wildman–Crippen MR) is 79.4 cm³/mol. The number of pyridine rings is 1. The van der Waals surface area contributed by atoms with E-state index < -0.39 is 12.8 Å². The highest BCUT2D eigenvalue weighted by Crippen LogP contribution is 2.16. The Bertz CT molecular complexity index is 658. The molecule has 0 aliphatic carbocycles. The predicted octanol–water partition coefficient (Wildman–Crippen LogP) is 4.07. The Morgan fingerprint density at radius 3 is 2.43 bits per heavy atom. The number of hydrogen-bond donors (Lipinski definition) is 1. The zero-order valence-corrected chi connectivity index (χ0v) is 12.5.